The Kier molecular flexibility index (Phi) is 2.32. The van der Waals surface area contributed by atoms with Gasteiger partial charge in [-0.3, -0.25) is 14.8 Å². The molecule has 0 fully saturated rings. The van der Waals surface area contributed by atoms with E-state index in [4.69, 9.17) is 0 Å². The summed E-state index contributed by atoms with van der Waals surface area (Å²) in [5, 5.41) is 2.85. The highest BCUT2D eigenvalue weighted by Crippen LogP contribution is 2.28. The number of nitrogens with zero attached hydrogens (tertiary/aromatic N) is 2. The Balaban J connectivity index is 1.94. The smallest absolute Gasteiger partial charge is 0.253 e. The number of rotatable bonds is 1. The first-order valence-corrected chi connectivity index (χ1v) is 6.53. The summed E-state index contributed by atoms with van der Waals surface area (Å²) in [7, 11) is 0. The van der Waals surface area contributed by atoms with Crippen LogP contribution in [-0.4, -0.2) is 27.4 Å². The van der Waals surface area contributed by atoms with Crippen LogP contribution < -0.4 is 5.32 Å². The molecule has 1 aliphatic rings. The van der Waals surface area contributed by atoms with Gasteiger partial charge in [-0.1, -0.05) is 0 Å². The molecule has 0 saturated carbocycles. The second-order valence-electron chi connectivity index (χ2n) is 4.81. The van der Waals surface area contributed by atoms with Crippen molar-refractivity contribution in [1.82, 2.24) is 20.3 Å². The van der Waals surface area contributed by atoms with E-state index in [1.807, 2.05) is 24.3 Å². The maximum absolute atomic E-state index is 11.8. The molecule has 98 valence electrons. The second-order valence-corrected chi connectivity index (χ2v) is 4.81. The standard InChI is InChI=1S/C15H12N4O/c20-15-10-8-13(19-11(10)4-7-18-15)9-3-6-16-12-2-1-5-17-14(9)12/h1-3,5-6,8,19H,4,7H2,(H,18,20). The van der Waals surface area contributed by atoms with Gasteiger partial charge in [-0.2, -0.15) is 0 Å². The van der Waals surface area contributed by atoms with Crippen molar-refractivity contribution < 1.29 is 4.79 Å². The average molecular weight is 264 g/mol. The number of H-pyrrole nitrogens is 1. The first-order valence-electron chi connectivity index (χ1n) is 6.53. The zero-order chi connectivity index (χ0) is 13.5. The Bertz CT molecular complexity index is 816. The van der Waals surface area contributed by atoms with E-state index in [2.05, 4.69) is 20.3 Å². The fourth-order valence-corrected chi connectivity index (χ4v) is 2.64. The molecule has 1 amide bonds. The average Bonchev–Trinajstić information content (AvgIpc) is 2.92. The summed E-state index contributed by atoms with van der Waals surface area (Å²) in [6.45, 7) is 0.682. The Morgan fingerprint density at radius 1 is 1.10 bits per heavy atom. The number of pyridine rings is 2. The fraction of sp³-hybridized carbons (Fsp3) is 0.133. The van der Waals surface area contributed by atoms with E-state index in [1.54, 1.807) is 12.4 Å². The molecule has 0 atom stereocenters. The number of carbonyl (C=O) groups is 1. The van der Waals surface area contributed by atoms with Crippen molar-refractivity contribution in [3.05, 3.63) is 47.9 Å². The summed E-state index contributed by atoms with van der Waals surface area (Å²) in [5.41, 5.74) is 5.30. The largest absolute Gasteiger partial charge is 0.358 e. The van der Waals surface area contributed by atoms with Gasteiger partial charge in [0.1, 0.15) is 0 Å². The number of hydrogen-bond acceptors (Lipinski definition) is 3. The molecule has 20 heavy (non-hydrogen) atoms. The molecule has 4 heterocycles. The molecule has 5 nitrogen and oxygen atoms in total. The third kappa shape index (κ3) is 1.60. The summed E-state index contributed by atoms with van der Waals surface area (Å²) in [5.74, 6) is -0.0138. The molecule has 0 aromatic carbocycles. The minimum Gasteiger partial charge on any atom is -0.358 e. The Morgan fingerprint density at radius 3 is 2.95 bits per heavy atom. The molecule has 0 aliphatic carbocycles. The maximum Gasteiger partial charge on any atom is 0.253 e. The van der Waals surface area contributed by atoms with Crippen LogP contribution in [0.15, 0.2) is 36.7 Å². The number of aromatic amines is 1. The fourth-order valence-electron chi connectivity index (χ4n) is 2.64. The van der Waals surface area contributed by atoms with Crippen LogP contribution in [0.25, 0.3) is 22.3 Å². The molecular formula is C15H12N4O. The van der Waals surface area contributed by atoms with Crippen LogP contribution in [0, 0.1) is 0 Å². The maximum atomic E-state index is 11.8. The van der Waals surface area contributed by atoms with E-state index >= 15 is 0 Å². The van der Waals surface area contributed by atoms with Crippen molar-refractivity contribution in [2.45, 2.75) is 6.42 Å². The number of carbonyl (C=O) groups excluding carboxylic acids is 1. The molecule has 0 spiro atoms. The molecule has 0 bridgehead atoms. The summed E-state index contributed by atoms with van der Waals surface area (Å²) in [4.78, 5) is 23.9. The van der Waals surface area contributed by atoms with Crippen LogP contribution in [0.5, 0.6) is 0 Å². The van der Waals surface area contributed by atoms with Gasteiger partial charge in [0.05, 0.1) is 16.6 Å². The summed E-state index contributed by atoms with van der Waals surface area (Å²) in [6.07, 6.45) is 4.35. The normalized spacial score (nSPS) is 14.1. The minimum absolute atomic E-state index is 0.0138. The topological polar surface area (TPSA) is 70.7 Å². The summed E-state index contributed by atoms with van der Waals surface area (Å²) >= 11 is 0. The van der Waals surface area contributed by atoms with Gasteiger partial charge < -0.3 is 10.3 Å². The van der Waals surface area contributed by atoms with Crippen molar-refractivity contribution in [1.29, 1.82) is 0 Å². The summed E-state index contributed by atoms with van der Waals surface area (Å²) in [6, 6.07) is 7.62. The first-order chi connectivity index (χ1) is 9.83. The molecule has 5 heteroatoms. The lowest BCUT2D eigenvalue weighted by molar-refractivity contribution is 0.0946. The van der Waals surface area contributed by atoms with Crippen LogP contribution in [-0.2, 0) is 6.42 Å². The predicted molar refractivity (Wildman–Crippen MR) is 75.4 cm³/mol. The molecule has 1 aliphatic heterocycles. The highest BCUT2D eigenvalue weighted by Gasteiger charge is 2.20. The van der Waals surface area contributed by atoms with Gasteiger partial charge >= 0.3 is 0 Å². The number of amides is 1. The van der Waals surface area contributed by atoms with E-state index in [9.17, 15) is 4.79 Å². The predicted octanol–water partition coefficient (Wildman–Crippen LogP) is 1.91. The SMILES string of the molecule is O=C1NCCc2[nH]c(-c3ccnc4cccnc34)cc21. The van der Waals surface area contributed by atoms with Crippen molar-refractivity contribution in [2.24, 2.45) is 0 Å². The Labute approximate surface area is 115 Å². The van der Waals surface area contributed by atoms with Crippen molar-refractivity contribution in [2.75, 3.05) is 6.54 Å². The van der Waals surface area contributed by atoms with Gasteiger partial charge in [-0.05, 0) is 24.3 Å². The van der Waals surface area contributed by atoms with E-state index in [1.165, 1.54) is 0 Å². The lowest BCUT2D eigenvalue weighted by atomic mass is 10.1. The number of nitrogens with one attached hydrogen (secondary N) is 2. The monoisotopic (exact) mass is 264 g/mol. The third-order valence-corrected chi connectivity index (χ3v) is 3.59. The summed E-state index contributed by atoms with van der Waals surface area (Å²) < 4.78 is 0. The van der Waals surface area contributed by atoms with Crippen LogP contribution >= 0.6 is 0 Å². The highest BCUT2D eigenvalue weighted by atomic mass is 16.1. The van der Waals surface area contributed by atoms with Crippen molar-refractivity contribution >= 4 is 16.9 Å². The zero-order valence-corrected chi connectivity index (χ0v) is 10.7. The van der Waals surface area contributed by atoms with Crippen LogP contribution in [0.3, 0.4) is 0 Å². The van der Waals surface area contributed by atoms with Crippen LogP contribution in [0.4, 0.5) is 0 Å². The molecule has 0 unspecified atom stereocenters. The lowest BCUT2D eigenvalue weighted by Crippen LogP contribution is -2.31. The number of aromatic nitrogens is 3. The molecule has 3 aromatic rings. The van der Waals surface area contributed by atoms with Gasteiger partial charge in [0.2, 0.25) is 0 Å². The van der Waals surface area contributed by atoms with Gasteiger partial charge in [-0.25, -0.2) is 0 Å². The quantitative estimate of drug-likeness (QED) is 0.705. The third-order valence-electron chi connectivity index (χ3n) is 3.59. The van der Waals surface area contributed by atoms with Gasteiger partial charge in [0.25, 0.3) is 5.91 Å². The number of fused-ring (bicyclic) bond motifs is 2. The van der Waals surface area contributed by atoms with Crippen LogP contribution in [0.1, 0.15) is 16.1 Å². The lowest BCUT2D eigenvalue weighted by Gasteiger charge is -2.10. The van der Waals surface area contributed by atoms with Crippen molar-refractivity contribution in [3.8, 4) is 11.3 Å². The van der Waals surface area contributed by atoms with Gasteiger partial charge in [0.15, 0.2) is 0 Å². The van der Waals surface area contributed by atoms with Gasteiger partial charge in [0, 0.05) is 42.3 Å². The Hall–Kier alpha value is -2.69. The molecule has 2 N–H and O–H groups in total. The molecule has 0 radical (unpaired) electrons. The molecule has 0 saturated heterocycles. The van der Waals surface area contributed by atoms with E-state index in [0.717, 1.165) is 40.0 Å². The zero-order valence-electron chi connectivity index (χ0n) is 10.7. The van der Waals surface area contributed by atoms with E-state index in [-0.39, 0.29) is 5.91 Å². The Morgan fingerprint density at radius 2 is 2.05 bits per heavy atom. The van der Waals surface area contributed by atoms with E-state index < -0.39 is 0 Å². The molecule has 4 rings (SSSR count). The molecule has 3 aromatic heterocycles. The van der Waals surface area contributed by atoms with Crippen molar-refractivity contribution in [3.63, 3.8) is 0 Å². The second kappa shape index (κ2) is 4.16. The minimum atomic E-state index is -0.0138. The first kappa shape index (κ1) is 11.2. The molecular weight excluding hydrogens is 252 g/mol. The van der Waals surface area contributed by atoms with Gasteiger partial charge in [-0.15, -0.1) is 0 Å². The van der Waals surface area contributed by atoms with Crippen LogP contribution in [0.2, 0.25) is 0 Å². The van der Waals surface area contributed by atoms with E-state index in [0.29, 0.717) is 6.54 Å². The highest BCUT2D eigenvalue weighted by molar-refractivity contribution is 5.99. The number of hydrogen-bond donors (Lipinski definition) is 2.